The number of allylic oxidation sites excluding steroid dienone is 3. The highest BCUT2D eigenvalue weighted by Gasteiger charge is 2.39. The summed E-state index contributed by atoms with van der Waals surface area (Å²) in [6, 6.07) is 10.4. The topological polar surface area (TPSA) is 58.4 Å². The van der Waals surface area contributed by atoms with Crippen molar-refractivity contribution in [2.75, 3.05) is 13.1 Å². The Morgan fingerprint density at radius 1 is 1.30 bits per heavy atom. The van der Waals surface area contributed by atoms with E-state index < -0.39 is 5.54 Å². The Morgan fingerprint density at radius 2 is 1.96 bits per heavy atom. The van der Waals surface area contributed by atoms with Crippen molar-refractivity contribution in [3.8, 4) is 0 Å². The van der Waals surface area contributed by atoms with E-state index >= 15 is 0 Å². The van der Waals surface area contributed by atoms with Crippen LogP contribution in [0.3, 0.4) is 0 Å². The molecule has 0 spiro atoms. The number of nitrogens with two attached hydrogens (primary N) is 1. The van der Waals surface area contributed by atoms with Gasteiger partial charge < -0.3 is 11.1 Å². The predicted molar refractivity (Wildman–Crippen MR) is 94.5 cm³/mol. The van der Waals surface area contributed by atoms with E-state index in [9.17, 15) is 4.79 Å². The molecule has 0 saturated carbocycles. The lowest BCUT2D eigenvalue weighted by molar-refractivity contribution is -0.126. The molecule has 0 bridgehead atoms. The smallest absolute Gasteiger partial charge is 0.243 e. The molecular formula is C19H25N3O. The molecule has 1 aromatic rings. The fourth-order valence-corrected chi connectivity index (χ4v) is 2.90. The molecule has 1 aliphatic heterocycles. The zero-order chi connectivity index (χ0) is 16.7. The predicted octanol–water partition coefficient (Wildman–Crippen LogP) is 2.35. The molecule has 1 aliphatic rings. The minimum Gasteiger partial charge on any atom is -0.372 e. The lowest BCUT2D eigenvalue weighted by Crippen LogP contribution is -2.60. The van der Waals surface area contributed by atoms with Crippen molar-refractivity contribution < 1.29 is 4.79 Å². The molecule has 0 atom stereocenters. The average Bonchev–Trinajstić information content (AvgIpc) is 2.55. The van der Waals surface area contributed by atoms with E-state index in [-0.39, 0.29) is 5.91 Å². The average molecular weight is 311 g/mol. The minimum absolute atomic E-state index is 0.315. The maximum atomic E-state index is 12.0. The normalized spacial score (nSPS) is 17.7. The Morgan fingerprint density at radius 3 is 2.52 bits per heavy atom. The molecule has 4 heteroatoms. The molecule has 1 aromatic carbocycles. The highest BCUT2D eigenvalue weighted by molar-refractivity contribution is 5.85. The van der Waals surface area contributed by atoms with Gasteiger partial charge in [0.2, 0.25) is 5.91 Å². The van der Waals surface area contributed by atoms with Crippen molar-refractivity contribution >= 4 is 5.91 Å². The number of likely N-dealkylation sites (tertiary alicyclic amines) is 1. The minimum atomic E-state index is -0.713. The van der Waals surface area contributed by atoms with Gasteiger partial charge in [-0.2, -0.15) is 0 Å². The zero-order valence-corrected chi connectivity index (χ0v) is 13.5. The molecular weight excluding hydrogens is 286 g/mol. The number of carbonyl (C=O) groups is 1. The van der Waals surface area contributed by atoms with Crippen LogP contribution >= 0.6 is 0 Å². The maximum absolute atomic E-state index is 12.0. The van der Waals surface area contributed by atoms with Gasteiger partial charge in [0.05, 0.1) is 0 Å². The van der Waals surface area contributed by atoms with Crippen molar-refractivity contribution in [3.05, 3.63) is 73.0 Å². The summed E-state index contributed by atoms with van der Waals surface area (Å²) in [5, 5.41) is 3.22. The van der Waals surface area contributed by atoms with Gasteiger partial charge in [-0.1, -0.05) is 55.6 Å². The summed E-state index contributed by atoms with van der Waals surface area (Å²) in [6.45, 7) is 10.1. The third kappa shape index (κ3) is 4.57. The fourth-order valence-electron chi connectivity index (χ4n) is 2.90. The number of nitrogens with one attached hydrogen (secondary N) is 1. The Bertz CT molecular complexity index is 584. The summed E-state index contributed by atoms with van der Waals surface area (Å²) in [5.74, 6) is -0.315. The monoisotopic (exact) mass is 311 g/mol. The SMILES string of the molecule is C=C/C=C\C(=C)NC1(C(N)=O)CCN(Cc2ccccc2)CC1. The molecule has 0 aromatic heterocycles. The van der Waals surface area contributed by atoms with Crippen LogP contribution in [0, 0.1) is 0 Å². The van der Waals surface area contributed by atoms with Crippen LogP contribution in [-0.4, -0.2) is 29.4 Å². The third-order valence-electron chi connectivity index (χ3n) is 4.26. The van der Waals surface area contributed by atoms with Crippen LogP contribution in [0.5, 0.6) is 0 Å². The van der Waals surface area contributed by atoms with E-state index in [0.717, 1.165) is 19.6 Å². The lowest BCUT2D eigenvalue weighted by atomic mass is 9.86. The highest BCUT2D eigenvalue weighted by atomic mass is 16.1. The number of amides is 1. The molecule has 0 unspecified atom stereocenters. The van der Waals surface area contributed by atoms with E-state index in [1.807, 2.05) is 18.2 Å². The van der Waals surface area contributed by atoms with Crippen molar-refractivity contribution in [2.45, 2.75) is 24.9 Å². The zero-order valence-electron chi connectivity index (χ0n) is 13.5. The van der Waals surface area contributed by atoms with Crippen LogP contribution in [0.25, 0.3) is 0 Å². The number of rotatable bonds is 7. The van der Waals surface area contributed by atoms with Crippen LogP contribution in [0.4, 0.5) is 0 Å². The Kier molecular flexibility index (Phi) is 5.77. The second-order valence-electron chi connectivity index (χ2n) is 5.95. The van der Waals surface area contributed by atoms with Crippen LogP contribution < -0.4 is 11.1 Å². The number of hydrogen-bond donors (Lipinski definition) is 2. The van der Waals surface area contributed by atoms with Crippen molar-refractivity contribution in [2.24, 2.45) is 5.73 Å². The van der Waals surface area contributed by atoms with Gasteiger partial charge in [-0.15, -0.1) is 0 Å². The van der Waals surface area contributed by atoms with E-state index in [1.54, 1.807) is 18.2 Å². The maximum Gasteiger partial charge on any atom is 0.243 e. The molecule has 1 heterocycles. The van der Waals surface area contributed by atoms with Crippen LogP contribution in [0.1, 0.15) is 18.4 Å². The molecule has 0 aliphatic carbocycles. The van der Waals surface area contributed by atoms with Gasteiger partial charge in [-0.05, 0) is 24.5 Å². The lowest BCUT2D eigenvalue weighted by Gasteiger charge is -2.41. The summed E-state index contributed by atoms with van der Waals surface area (Å²) in [7, 11) is 0. The summed E-state index contributed by atoms with van der Waals surface area (Å²) in [5.41, 5.74) is 6.92. The summed E-state index contributed by atoms with van der Waals surface area (Å²) in [6.07, 6.45) is 6.61. The molecule has 1 saturated heterocycles. The summed E-state index contributed by atoms with van der Waals surface area (Å²) < 4.78 is 0. The molecule has 3 N–H and O–H groups in total. The number of benzene rings is 1. The summed E-state index contributed by atoms with van der Waals surface area (Å²) >= 11 is 0. The number of carbonyl (C=O) groups excluding carboxylic acids is 1. The second-order valence-corrected chi connectivity index (χ2v) is 5.95. The quantitative estimate of drug-likeness (QED) is 0.760. The van der Waals surface area contributed by atoms with Gasteiger partial charge in [0.1, 0.15) is 5.54 Å². The van der Waals surface area contributed by atoms with Crippen LogP contribution in [0.15, 0.2) is 67.4 Å². The van der Waals surface area contributed by atoms with Crippen LogP contribution in [0.2, 0.25) is 0 Å². The Hall–Kier alpha value is -2.33. The number of nitrogens with zero attached hydrogens (tertiary/aromatic N) is 1. The number of piperidine rings is 1. The first kappa shape index (κ1) is 17.0. The van der Waals surface area contributed by atoms with Gasteiger partial charge in [0.25, 0.3) is 0 Å². The Balaban J connectivity index is 1.97. The van der Waals surface area contributed by atoms with Gasteiger partial charge in [0, 0.05) is 25.3 Å². The first-order chi connectivity index (χ1) is 11.1. The van der Waals surface area contributed by atoms with Gasteiger partial charge in [-0.3, -0.25) is 9.69 Å². The van der Waals surface area contributed by atoms with Crippen LogP contribution in [-0.2, 0) is 11.3 Å². The third-order valence-corrected chi connectivity index (χ3v) is 4.26. The molecule has 122 valence electrons. The van der Waals surface area contributed by atoms with E-state index in [0.29, 0.717) is 18.5 Å². The van der Waals surface area contributed by atoms with Gasteiger partial charge in [-0.25, -0.2) is 0 Å². The highest BCUT2D eigenvalue weighted by Crippen LogP contribution is 2.24. The largest absolute Gasteiger partial charge is 0.372 e. The summed E-state index contributed by atoms with van der Waals surface area (Å²) in [4.78, 5) is 14.4. The second kappa shape index (κ2) is 7.79. The first-order valence-corrected chi connectivity index (χ1v) is 7.88. The Labute approximate surface area is 138 Å². The molecule has 4 nitrogen and oxygen atoms in total. The molecule has 23 heavy (non-hydrogen) atoms. The fraction of sp³-hybridized carbons (Fsp3) is 0.316. The van der Waals surface area contributed by atoms with Gasteiger partial charge >= 0.3 is 0 Å². The van der Waals surface area contributed by atoms with Gasteiger partial charge in [0.15, 0.2) is 0 Å². The van der Waals surface area contributed by atoms with Crippen molar-refractivity contribution in [1.82, 2.24) is 10.2 Å². The number of hydrogen-bond acceptors (Lipinski definition) is 3. The standard InChI is InChI=1S/C19H25N3O/c1-3-4-8-16(2)21-19(18(20)23)11-13-22(14-12-19)15-17-9-6-5-7-10-17/h3-10,21H,1-2,11-15H2,(H2,20,23)/b8-4-. The van der Waals surface area contributed by atoms with E-state index in [2.05, 4.69) is 35.5 Å². The molecule has 0 radical (unpaired) electrons. The van der Waals surface area contributed by atoms with Crippen molar-refractivity contribution in [1.29, 1.82) is 0 Å². The van der Waals surface area contributed by atoms with E-state index in [4.69, 9.17) is 5.73 Å². The number of primary amides is 1. The molecule has 2 rings (SSSR count). The molecule has 1 fully saturated rings. The molecule has 1 amide bonds. The van der Waals surface area contributed by atoms with Crippen molar-refractivity contribution in [3.63, 3.8) is 0 Å². The first-order valence-electron chi connectivity index (χ1n) is 7.88. The van der Waals surface area contributed by atoms with E-state index in [1.165, 1.54) is 5.56 Å².